The number of hydrogen-bond donors (Lipinski definition) is 3. The molecule has 3 N–H and O–H groups in total. The normalized spacial score (nSPS) is 19.5. The highest BCUT2D eigenvalue weighted by molar-refractivity contribution is 8.03. The predicted molar refractivity (Wildman–Crippen MR) is 138 cm³/mol. The van der Waals surface area contributed by atoms with Gasteiger partial charge in [0.15, 0.2) is 5.13 Å². The van der Waals surface area contributed by atoms with Gasteiger partial charge in [-0.15, -0.1) is 23.1 Å². The summed E-state index contributed by atoms with van der Waals surface area (Å²) < 4.78 is 24.2. The lowest BCUT2D eigenvalue weighted by molar-refractivity contribution is 0.542. The number of thioether (sulfide) groups is 1. The zero-order valence-electron chi connectivity index (χ0n) is 18.1. The number of benzene rings is 2. The van der Waals surface area contributed by atoms with E-state index in [0.29, 0.717) is 11.1 Å². The molecule has 1 fully saturated rings. The van der Waals surface area contributed by atoms with Crippen molar-refractivity contribution in [2.24, 2.45) is 5.92 Å². The van der Waals surface area contributed by atoms with E-state index in [1.807, 2.05) is 36.0 Å². The van der Waals surface area contributed by atoms with Crippen LogP contribution < -0.4 is 15.4 Å². The Labute approximate surface area is 204 Å². The molecule has 0 radical (unpaired) electrons. The van der Waals surface area contributed by atoms with Crippen molar-refractivity contribution >= 4 is 45.2 Å². The van der Waals surface area contributed by atoms with Gasteiger partial charge in [-0.05, 0) is 60.8 Å². The Morgan fingerprint density at radius 2 is 2.00 bits per heavy atom. The molecule has 6 nitrogen and oxygen atoms in total. The molecular formula is C24H25N4O2S3-. The van der Waals surface area contributed by atoms with Crippen molar-refractivity contribution in [1.82, 2.24) is 10.3 Å². The average molecular weight is 498 g/mol. The van der Waals surface area contributed by atoms with E-state index in [-0.39, 0.29) is 6.04 Å². The van der Waals surface area contributed by atoms with Crippen LogP contribution >= 0.6 is 23.1 Å². The third-order valence-corrected chi connectivity index (χ3v) is 8.26. The van der Waals surface area contributed by atoms with E-state index in [1.54, 1.807) is 23.5 Å². The number of aryl methyl sites for hydroxylation is 1. The monoisotopic (exact) mass is 497 g/mol. The van der Waals surface area contributed by atoms with E-state index in [9.17, 15) is 8.76 Å². The van der Waals surface area contributed by atoms with Crippen LogP contribution in [0, 0.1) is 12.8 Å². The first-order valence-electron chi connectivity index (χ1n) is 10.9. The maximum absolute atomic E-state index is 10.9. The van der Waals surface area contributed by atoms with Gasteiger partial charge >= 0.3 is 0 Å². The van der Waals surface area contributed by atoms with E-state index in [1.165, 1.54) is 24.1 Å². The molecule has 1 aliphatic carbocycles. The summed E-state index contributed by atoms with van der Waals surface area (Å²) in [5.41, 5.74) is 6.21. The highest BCUT2D eigenvalue weighted by Crippen LogP contribution is 2.42. The lowest BCUT2D eigenvalue weighted by Crippen LogP contribution is -2.34. The summed E-state index contributed by atoms with van der Waals surface area (Å²) in [5, 5.41) is 13.1. The van der Waals surface area contributed by atoms with E-state index in [0.717, 1.165) is 34.3 Å². The zero-order valence-corrected chi connectivity index (χ0v) is 20.6. The molecule has 0 amide bonds. The summed E-state index contributed by atoms with van der Waals surface area (Å²) >= 11 is 1.17. The van der Waals surface area contributed by atoms with Gasteiger partial charge in [-0.3, -0.25) is 4.21 Å². The van der Waals surface area contributed by atoms with Crippen molar-refractivity contribution < 1.29 is 8.76 Å². The molecule has 2 aliphatic rings. The Kier molecular flexibility index (Phi) is 6.73. The summed E-state index contributed by atoms with van der Waals surface area (Å²) in [6, 6.07) is 15.9. The second kappa shape index (κ2) is 9.89. The lowest BCUT2D eigenvalue weighted by atomic mass is 10.0. The van der Waals surface area contributed by atoms with Crippen molar-refractivity contribution in [1.29, 1.82) is 0 Å². The predicted octanol–water partition coefficient (Wildman–Crippen LogP) is 5.26. The maximum atomic E-state index is 10.9. The minimum absolute atomic E-state index is 0.0459. The van der Waals surface area contributed by atoms with Crippen LogP contribution in [0.5, 0.6) is 0 Å². The number of hydrogen-bond acceptors (Lipinski definition) is 7. The van der Waals surface area contributed by atoms with Crippen LogP contribution in [0.4, 0.5) is 10.8 Å². The van der Waals surface area contributed by atoms with Crippen LogP contribution in [-0.2, 0) is 17.7 Å². The Morgan fingerprint density at radius 3 is 2.73 bits per heavy atom. The molecule has 3 aromatic rings. The van der Waals surface area contributed by atoms with Crippen molar-refractivity contribution in [3.63, 3.8) is 0 Å². The largest absolute Gasteiger partial charge is 0.755 e. The van der Waals surface area contributed by atoms with E-state index >= 15 is 0 Å². The van der Waals surface area contributed by atoms with Gasteiger partial charge < -0.3 is 19.9 Å². The topological polar surface area (TPSA) is 89.1 Å². The van der Waals surface area contributed by atoms with Crippen molar-refractivity contribution in [3.05, 3.63) is 76.1 Å². The summed E-state index contributed by atoms with van der Waals surface area (Å²) in [6.45, 7) is 2.11. The molecular weight excluding hydrogens is 472 g/mol. The lowest BCUT2D eigenvalue weighted by Gasteiger charge is -2.22. The molecule has 2 aromatic carbocycles. The summed E-state index contributed by atoms with van der Waals surface area (Å²) in [6.07, 6.45) is 3.36. The molecule has 5 rings (SSSR count). The minimum atomic E-state index is -2.32. The fourth-order valence-corrected chi connectivity index (χ4v) is 6.26. The Balaban J connectivity index is 1.34. The standard InChI is InChI=1S/C24H26N4O2S3/c1-15-4-2-3-5-19(15)21-13-32-24(27-21)26-20(22-14-31-23(25-22)17-8-9-17)12-16-6-10-18(11-7-16)28-33(29)30/h2-7,10-11,13-14,17,20,23,25,28H,8-9,12H2,1H3,(H,26,27)(H,29,30)/p-1/t20-,23?/m0/s1. The number of rotatable bonds is 9. The fourth-order valence-electron chi connectivity index (χ4n) is 3.94. The molecule has 9 heteroatoms. The van der Waals surface area contributed by atoms with Gasteiger partial charge in [0.05, 0.1) is 17.1 Å². The van der Waals surface area contributed by atoms with Crippen LogP contribution in [0.2, 0.25) is 0 Å². The molecule has 1 aromatic heterocycles. The Bertz CT molecular complexity index is 1170. The highest BCUT2D eigenvalue weighted by Gasteiger charge is 2.35. The van der Waals surface area contributed by atoms with Crippen LogP contribution in [0.15, 0.2) is 65.0 Å². The molecule has 0 saturated heterocycles. The van der Waals surface area contributed by atoms with Crippen LogP contribution in [0.25, 0.3) is 11.3 Å². The SMILES string of the molecule is Cc1ccccc1-c1csc(N[C@@H](Cc2ccc(NS(=O)[O-])cc2)C2=CSC(C3CC3)N2)n1. The third kappa shape index (κ3) is 5.60. The quantitative estimate of drug-likeness (QED) is 0.350. The van der Waals surface area contributed by atoms with Gasteiger partial charge in [0.1, 0.15) is 0 Å². The molecule has 0 spiro atoms. The average Bonchev–Trinajstić information content (AvgIpc) is 3.34. The summed E-state index contributed by atoms with van der Waals surface area (Å²) in [5.74, 6) is 0.759. The first-order chi connectivity index (χ1) is 16.0. The van der Waals surface area contributed by atoms with Gasteiger partial charge in [-0.2, -0.15) is 0 Å². The van der Waals surface area contributed by atoms with Gasteiger partial charge in [-0.1, -0.05) is 36.4 Å². The number of thiazole rings is 1. The van der Waals surface area contributed by atoms with Gasteiger partial charge in [-0.25, -0.2) is 4.98 Å². The molecule has 1 aliphatic heterocycles. The van der Waals surface area contributed by atoms with Gasteiger partial charge in [0.25, 0.3) is 0 Å². The molecule has 1 saturated carbocycles. The van der Waals surface area contributed by atoms with Crippen LogP contribution in [0.1, 0.15) is 24.0 Å². The second-order valence-corrected chi connectivity index (χ2v) is 10.9. The molecule has 2 unspecified atom stereocenters. The number of nitrogens with one attached hydrogen (secondary N) is 3. The van der Waals surface area contributed by atoms with Crippen molar-refractivity contribution in [2.75, 3.05) is 10.0 Å². The molecule has 0 bridgehead atoms. The van der Waals surface area contributed by atoms with Gasteiger partial charge in [0, 0.05) is 33.6 Å². The molecule has 172 valence electrons. The maximum Gasteiger partial charge on any atom is 0.183 e. The van der Waals surface area contributed by atoms with Crippen LogP contribution in [-0.4, -0.2) is 25.2 Å². The molecule has 33 heavy (non-hydrogen) atoms. The highest BCUT2D eigenvalue weighted by atomic mass is 32.2. The number of anilines is 2. The second-order valence-electron chi connectivity index (χ2n) is 8.40. The smallest absolute Gasteiger partial charge is 0.183 e. The first-order valence-corrected chi connectivity index (χ1v) is 13.8. The van der Waals surface area contributed by atoms with Gasteiger partial charge in [0.2, 0.25) is 0 Å². The van der Waals surface area contributed by atoms with Crippen molar-refractivity contribution in [3.8, 4) is 11.3 Å². The van der Waals surface area contributed by atoms with E-state index in [2.05, 4.69) is 45.2 Å². The van der Waals surface area contributed by atoms with Crippen molar-refractivity contribution in [2.45, 2.75) is 37.6 Å². The fraction of sp³-hybridized carbons (Fsp3) is 0.292. The molecule has 2 heterocycles. The Hall–Kier alpha value is -2.33. The summed E-state index contributed by atoms with van der Waals surface area (Å²) in [7, 11) is 0. The minimum Gasteiger partial charge on any atom is -0.755 e. The first kappa shape index (κ1) is 22.5. The summed E-state index contributed by atoms with van der Waals surface area (Å²) in [4.78, 5) is 4.87. The van der Waals surface area contributed by atoms with E-state index in [4.69, 9.17) is 4.98 Å². The zero-order chi connectivity index (χ0) is 22.8. The van der Waals surface area contributed by atoms with Crippen LogP contribution in [0.3, 0.4) is 0 Å². The number of nitrogens with zero attached hydrogens (tertiary/aromatic N) is 1. The number of aromatic nitrogens is 1. The van der Waals surface area contributed by atoms with E-state index < -0.39 is 11.3 Å². The Morgan fingerprint density at radius 1 is 1.21 bits per heavy atom. The molecule has 3 atom stereocenters. The third-order valence-electron chi connectivity index (χ3n) is 5.89.